The van der Waals surface area contributed by atoms with Crippen molar-refractivity contribution in [2.45, 2.75) is 13.0 Å². The fourth-order valence-electron chi connectivity index (χ4n) is 2.52. The Hall–Kier alpha value is -1.63. The Kier molecular flexibility index (Phi) is 5.05. The van der Waals surface area contributed by atoms with E-state index in [1.807, 2.05) is 6.92 Å². The van der Waals surface area contributed by atoms with Crippen LogP contribution in [0.2, 0.25) is 6.04 Å². The molecule has 0 radical (unpaired) electrons. The zero-order valence-corrected chi connectivity index (χ0v) is 13.6. The molecule has 0 atom stereocenters. The molecule has 0 spiro atoms. The lowest BCUT2D eigenvalue weighted by Gasteiger charge is -2.26. The quantitative estimate of drug-likeness (QED) is 0.780. The van der Waals surface area contributed by atoms with Crippen molar-refractivity contribution < 1.29 is 22.0 Å². The third-order valence-corrected chi connectivity index (χ3v) is 7.21. The zero-order chi connectivity index (χ0) is 16.3. The molecule has 0 aliphatic heterocycles. The van der Waals surface area contributed by atoms with Crippen molar-refractivity contribution >= 4 is 13.7 Å². The molecule has 0 fully saturated rings. The van der Waals surface area contributed by atoms with E-state index < -0.39 is 26.0 Å². The molecule has 118 valence electrons. The second-order valence-corrected chi connectivity index (χ2v) is 8.44. The molecule has 2 rings (SSSR count). The maximum atomic E-state index is 13.8. The lowest BCUT2D eigenvalue weighted by Crippen LogP contribution is -2.51. The third kappa shape index (κ3) is 2.95. The predicted octanol–water partition coefficient (Wildman–Crippen LogP) is 3.73. The van der Waals surface area contributed by atoms with Gasteiger partial charge < -0.3 is 8.85 Å². The minimum Gasteiger partial charge on any atom is -0.394 e. The summed E-state index contributed by atoms with van der Waals surface area (Å²) in [6, 6.07) is 8.69. The summed E-state index contributed by atoms with van der Waals surface area (Å²) in [5, 5.41) is 0.867. The summed E-state index contributed by atoms with van der Waals surface area (Å²) in [6.07, 6.45) is 0. The lowest BCUT2D eigenvalue weighted by atomic mass is 10.0. The van der Waals surface area contributed by atoms with Gasteiger partial charge in [-0.25, -0.2) is 13.2 Å². The van der Waals surface area contributed by atoms with Crippen LogP contribution in [0.4, 0.5) is 13.2 Å². The van der Waals surface area contributed by atoms with Crippen molar-refractivity contribution in [3.05, 3.63) is 53.8 Å². The van der Waals surface area contributed by atoms with Crippen molar-refractivity contribution in [2.24, 2.45) is 0 Å². The van der Waals surface area contributed by atoms with Gasteiger partial charge in [0.2, 0.25) is 0 Å². The smallest absolute Gasteiger partial charge is 0.371 e. The fourth-order valence-corrected chi connectivity index (χ4v) is 4.82. The number of halogens is 3. The summed E-state index contributed by atoms with van der Waals surface area (Å²) in [5.74, 6) is -2.79. The highest BCUT2D eigenvalue weighted by molar-refractivity contribution is 6.81. The van der Waals surface area contributed by atoms with Crippen molar-refractivity contribution in [1.29, 1.82) is 0 Å². The molecule has 22 heavy (non-hydrogen) atoms. The summed E-state index contributed by atoms with van der Waals surface area (Å²) in [7, 11) is 0.678. The molecule has 6 heteroatoms. The van der Waals surface area contributed by atoms with Crippen LogP contribution in [0.1, 0.15) is 6.92 Å². The summed E-state index contributed by atoms with van der Waals surface area (Å²) >= 11 is 0. The average molecular weight is 326 g/mol. The second-order valence-electron chi connectivity index (χ2n) is 4.84. The molecule has 0 N–H and O–H groups in total. The van der Waals surface area contributed by atoms with Crippen LogP contribution in [0.3, 0.4) is 0 Å². The largest absolute Gasteiger partial charge is 0.394 e. The Morgan fingerprint density at radius 1 is 0.909 bits per heavy atom. The molecular formula is C16H17F3O2Si. The normalized spacial score (nSPS) is 11.7. The minimum absolute atomic E-state index is 0.244. The third-order valence-electron chi connectivity index (χ3n) is 3.75. The van der Waals surface area contributed by atoms with Crippen LogP contribution in [-0.2, 0) is 8.85 Å². The van der Waals surface area contributed by atoms with E-state index in [1.54, 1.807) is 38.5 Å². The summed E-state index contributed by atoms with van der Waals surface area (Å²) in [4.78, 5) is 0. The van der Waals surface area contributed by atoms with Gasteiger partial charge in [-0.2, -0.15) is 0 Å². The van der Waals surface area contributed by atoms with Gasteiger partial charge in [0.25, 0.3) is 0 Å². The van der Waals surface area contributed by atoms with Crippen LogP contribution < -0.4 is 5.19 Å². The van der Waals surface area contributed by atoms with Gasteiger partial charge >= 0.3 is 8.56 Å². The molecule has 0 aliphatic carbocycles. The van der Waals surface area contributed by atoms with Crippen LogP contribution in [0.15, 0.2) is 36.4 Å². The molecule has 0 heterocycles. The highest BCUT2D eigenvalue weighted by Gasteiger charge is 2.35. The highest BCUT2D eigenvalue weighted by Crippen LogP contribution is 2.27. The van der Waals surface area contributed by atoms with E-state index in [9.17, 15) is 13.2 Å². The van der Waals surface area contributed by atoms with Gasteiger partial charge in [-0.05, 0) is 16.8 Å². The fraction of sp³-hybridized carbons (Fsp3) is 0.250. The van der Waals surface area contributed by atoms with Crippen LogP contribution >= 0.6 is 0 Å². The second kappa shape index (κ2) is 6.64. The Morgan fingerprint density at radius 3 is 1.82 bits per heavy atom. The van der Waals surface area contributed by atoms with E-state index in [-0.39, 0.29) is 5.56 Å². The van der Waals surface area contributed by atoms with Gasteiger partial charge in [-0.15, -0.1) is 0 Å². The Bertz CT molecular complexity index is 624. The van der Waals surface area contributed by atoms with Gasteiger partial charge in [-0.1, -0.05) is 31.2 Å². The first-order chi connectivity index (χ1) is 10.5. The minimum atomic E-state index is -2.50. The Labute approximate surface area is 128 Å². The summed E-state index contributed by atoms with van der Waals surface area (Å²) < 4.78 is 51.7. The van der Waals surface area contributed by atoms with Gasteiger partial charge in [0.05, 0.1) is 5.56 Å². The lowest BCUT2D eigenvalue weighted by molar-refractivity contribution is 0.259. The zero-order valence-electron chi connectivity index (χ0n) is 12.6. The van der Waals surface area contributed by atoms with E-state index in [0.717, 1.165) is 5.19 Å². The van der Waals surface area contributed by atoms with Crippen LogP contribution in [0.5, 0.6) is 0 Å². The van der Waals surface area contributed by atoms with Gasteiger partial charge in [-0.3, -0.25) is 0 Å². The SMILES string of the molecule is CC[Si](OC)(OC)c1ccc(-c2c(F)cc(F)cc2F)cc1. The van der Waals surface area contributed by atoms with E-state index in [1.165, 1.54) is 0 Å². The molecule has 0 aromatic heterocycles. The molecule has 0 saturated heterocycles. The average Bonchev–Trinajstić information content (AvgIpc) is 2.50. The first-order valence-corrected chi connectivity index (χ1v) is 8.85. The number of rotatable bonds is 5. The van der Waals surface area contributed by atoms with Gasteiger partial charge in [0, 0.05) is 26.4 Å². The van der Waals surface area contributed by atoms with Crippen LogP contribution in [0.25, 0.3) is 11.1 Å². The highest BCUT2D eigenvalue weighted by atomic mass is 28.4. The van der Waals surface area contributed by atoms with Crippen LogP contribution in [0, 0.1) is 17.5 Å². The van der Waals surface area contributed by atoms with Crippen LogP contribution in [-0.4, -0.2) is 22.8 Å². The summed E-state index contributed by atoms with van der Waals surface area (Å²) in [6.45, 7) is 1.96. The van der Waals surface area contributed by atoms with Crippen molar-refractivity contribution in [3.63, 3.8) is 0 Å². The van der Waals surface area contributed by atoms with Crippen molar-refractivity contribution in [1.82, 2.24) is 0 Å². The molecule has 0 aliphatic rings. The standard InChI is InChI=1S/C16H17F3O2Si/c1-4-22(20-2,21-3)13-7-5-11(6-8-13)16-14(18)9-12(17)10-15(16)19/h5-10H,4H2,1-3H3. The maximum absolute atomic E-state index is 13.8. The molecule has 2 aromatic carbocycles. The van der Waals surface area contributed by atoms with E-state index >= 15 is 0 Å². The van der Waals surface area contributed by atoms with Crippen molar-refractivity contribution in [2.75, 3.05) is 14.2 Å². The molecule has 2 nitrogen and oxygen atoms in total. The predicted molar refractivity (Wildman–Crippen MR) is 81.6 cm³/mol. The van der Waals surface area contributed by atoms with Gasteiger partial charge in [0.1, 0.15) is 17.5 Å². The van der Waals surface area contributed by atoms with E-state index in [2.05, 4.69) is 0 Å². The molecular weight excluding hydrogens is 309 g/mol. The molecule has 0 saturated carbocycles. The molecule has 2 aromatic rings. The monoisotopic (exact) mass is 326 g/mol. The first-order valence-electron chi connectivity index (χ1n) is 6.83. The topological polar surface area (TPSA) is 18.5 Å². The molecule has 0 unspecified atom stereocenters. The number of benzene rings is 2. The summed E-state index contributed by atoms with van der Waals surface area (Å²) in [5.41, 5.74) is 0.0940. The Morgan fingerprint density at radius 2 is 1.41 bits per heavy atom. The first kappa shape index (κ1) is 16.7. The Balaban J connectivity index is 2.46. The van der Waals surface area contributed by atoms with E-state index in [0.29, 0.717) is 23.7 Å². The number of hydrogen-bond donors (Lipinski definition) is 0. The van der Waals surface area contributed by atoms with E-state index in [4.69, 9.17) is 8.85 Å². The molecule has 0 amide bonds. The van der Waals surface area contributed by atoms with Gasteiger partial charge in [0.15, 0.2) is 0 Å². The maximum Gasteiger partial charge on any atom is 0.371 e. The molecule has 0 bridgehead atoms. The number of hydrogen-bond acceptors (Lipinski definition) is 2. The van der Waals surface area contributed by atoms with Crippen molar-refractivity contribution in [3.8, 4) is 11.1 Å².